The van der Waals surface area contributed by atoms with Gasteiger partial charge in [0, 0.05) is 41.5 Å². The quantitative estimate of drug-likeness (QED) is 0.589. The second-order valence-corrected chi connectivity index (χ2v) is 8.85. The van der Waals surface area contributed by atoms with Gasteiger partial charge in [-0.05, 0) is 57.0 Å². The van der Waals surface area contributed by atoms with E-state index in [4.69, 9.17) is 9.47 Å². The van der Waals surface area contributed by atoms with Gasteiger partial charge in [0.25, 0.3) is 0 Å². The van der Waals surface area contributed by atoms with Crippen LogP contribution in [0.4, 0.5) is 9.18 Å². The number of halogens is 1. The first kappa shape index (κ1) is 22.3. The number of hydrogen-bond acceptors (Lipinski definition) is 5. The van der Waals surface area contributed by atoms with Crippen LogP contribution < -0.4 is 4.74 Å². The molecule has 1 aromatic carbocycles. The Kier molecular flexibility index (Phi) is 5.81. The summed E-state index contributed by atoms with van der Waals surface area (Å²) >= 11 is 0. The predicted molar refractivity (Wildman–Crippen MR) is 123 cm³/mol. The Morgan fingerprint density at radius 3 is 2.73 bits per heavy atom. The maximum absolute atomic E-state index is 14.1. The molecule has 1 aliphatic heterocycles. The van der Waals surface area contributed by atoms with Crippen LogP contribution >= 0.6 is 0 Å². The normalized spacial score (nSPS) is 14.1. The van der Waals surface area contributed by atoms with E-state index in [-0.39, 0.29) is 6.09 Å². The van der Waals surface area contributed by atoms with Crippen molar-refractivity contribution >= 4 is 22.7 Å². The van der Waals surface area contributed by atoms with Crippen LogP contribution in [-0.4, -0.2) is 46.8 Å². The highest BCUT2D eigenvalue weighted by Gasteiger charge is 2.25. The minimum absolute atomic E-state index is 0.325. The molecular weight excluding hydrogens is 423 g/mol. The lowest BCUT2D eigenvalue weighted by Crippen LogP contribution is -2.39. The fraction of sp³-hybridized carbons (Fsp3) is 0.320. The summed E-state index contributed by atoms with van der Waals surface area (Å²) in [5.74, 6) is 0.0423. The van der Waals surface area contributed by atoms with Gasteiger partial charge in [0.2, 0.25) is 0 Å². The summed E-state index contributed by atoms with van der Waals surface area (Å²) < 4.78 is 25.0. The van der Waals surface area contributed by atoms with Crippen molar-refractivity contribution in [1.29, 1.82) is 5.26 Å². The van der Waals surface area contributed by atoms with Crippen molar-refractivity contribution in [1.82, 2.24) is 14.9 Å². The van der Waals surface area contributed by atoms with Gasteiger partial charge in [-0.3, -0.25) is 0 Å². The zero-order chi connectivity index (χ0) is 23.8. The van der Waals surface area contributed by atoms with Crippen molar-refractivity contribution in [2.45, 2.75) is 32.8 Å². The van der Waals surface area contributed by atoms with Gasteiger partial charge in [-0.1, -0.05) is 6.08 Å². The standard InChI is InChI=1S/C25H25FN4O3/c1-25(2,3)33-24(31)30-9-7-15(8-10-30)20-12-19-22(16(13-27)14-28-23(19)29-20)18-11-17(26)5-6-21(18)32-4/h5-7,11-12,14H,8-10H2,1-4H3,(H,28,29). The van der Waals surface area contributed by atoms with E-state index in [0.717, 1.165) is 11.3 Å². The molecule has 4 rings (SSSR count). The van der Waals surface area contributed by atoms with E-state index in [2.05, 4.69) is 16.0 Å². The molecule has 0 aliphatic carbocycles. The molecular formula is C25H25FN4O3. The van der Waals surface area contributed by atoms with Crippen molar-refractivity contribution in [2.24, 2.45) is 0 Å². The van der Waals surface area contributed by atoms with Gasteiger partial charge in [0.1, 0.15) is 28.9 Å². The third kappa shape index (κ3) is 4.53. The van der Waals surface area contributed by atoms with Crippen LogP contribution in [0.2, 0.25) is 0 Å². The SMILES string of the molecule is COc1ccc(F)cc1-c1c(C#N)cnc2[nH]c(C3=CCN(C(=O)OC(C)(C)C)CC3)cc12. The molecule has 7 nitrogen and oxygen atoms in total. The highest BCUT2D eigenvalue weighted by atomic mass is 19.1. The number of fused-ring (bicyclic) bond motifs is 1. The van der Waals surface area contributed by atoms with E-state index in [9.17, 15) is 14.4 Å². The van der Waals surface area contributed by atoms with Crippen LogP contribution in [0, 0.1) is 17.1 Å². The van der Waals surface area contributed by atoms with E-state index in [1.54, 1.807) is 11.0 Å². The minimum Gasteiger partial charge on any atom is -0.496 e. The summed E-state index contributed by atoms with van der Waals surface area (Å²) in [6, 6.07) is 8.29. The number of ether oxygens (including phenoxy) is 2. The van der Waals surface area contributed by atoms with Gasteiger partial charge in [-0.2, -0.15) is 5.26 Å². The molecule has 1 N–H and O–H groups in total. The molecule has 3 heterocycles. The Hall–Kier alpha value is -3.86. The Morgan fingerprint density at radius 2 is 2.09 bits per heavy atom. The first-order chi connectivity index (χ1) is 15.7. The largest absolute Gasteiger partial charge is 0.496 e. The van der Waals surface area contributed by atoms with Crippen molar-refractivity contribution in [3.8, 4) is 22.9 Å². The number of methoxy groups -OCH3 is 1. The monoisotopic (exact) mass is 448 g/mol. The van der Waals surface area contributed by atoms with Crippen molar-refractivity contribution < 1.29 is 18.7 Å². The number of amides is 1. The number of carbonyl (C=O) groups is 1. The molecule has 1 amide bonds. The van der Waals surface area contributed by atoms with Gasteiger partial charge in [0.15, 0.2) is 0 Å². The Labute approximate surface area is 191 Å². The number of aromatic amines is 1. The number of nitrogens with one attached hydrogen (secondary N) is 1. The Morgan fingerprint density at radius 1 is 1.30 bits per heavy atom. The summed E-state index contributed by atoms with van der Waals surface area (Å²) in [5, 5.41) is 10.4. The van der Waals surface area contributed by atoms with Crippen LogP contribution in [0.3, 0.4) is 0 Å². The fourth-order valence-electron chi connectivity index (χ4n) is 3.90. The maximum atomic E-state index is 14.1. The first-order valence-corrected chi connectivity index (χ1v) is 10.6. The van der Waals surface area contributed by atoms with Crippen LogP contribution in [0.25, 0.3) is 27.7 Å². The number of nitriles is 1. The van der Waals surface area contributed by atoms with E-state index in [0.29, 0.717) is 53.0 Å². The summed E-state index contributed by atoms with van der Waals surface area (Å²) in [6.45, 7) is 6.48. The second kappa shape index (κ2) is 8.58. The number of H-pyrrole nitrogens is 1. The van der Waals surface area contributed by atoms with Crippen LogP contribution in [0.5, 0.6) is 5.75 Å². The molecule has 0 spiro atoms. The predicted octanol–water partition coefficient (Wildman–Crippen LogP) is 5.27. The lowest BCUT2D eigenvalue weighted by atomic mass is 9.97. The van der Waals surface area contributed by atoms with Crippen LogP contribution in [0.1, 0.15) is 38.4 Å². The van der Waals surface area contributed by atoms with Gasteiger partial charge >= 0.3 is 6.09 Å². The Bertz CT molecular complexity index is 1300. The highest BCUT2D eigenvalue weighted by Crippen LogP contribution is 2.38. The molecule has 3 aromatic rings. The molecule has 33 heavy (non-hydrogen) atoms. The molecule has 0 atom stereocenters. The minimum atomic E-state index is -0.545. The smallest absolute Gasteiger partial charge is 0.410 e. The second-order valence-electron chi connectivity index (χ2n) is 8.85. The van der Waals surface area contributed by atoms with Gasteiger partial charge in [-0.15, -0.1) is 0 Å². The number of benzene rings is 1. The van der Waals surface area contributed by atoms with Crippen molar-refractivity contribution in [2.75, 3.05) is 20.2 Å². The van der Waals surface area contributed by atoms with Crippen molar-refractivity contribution in [3.63, 3.8) is 0 Å². The van der Waals surface area contributed by atoms with E-state index < -0.39 is 11.4 Å². The number of carbonyl (C=O) groups excluding carboxylic acids is 1. The fourth-order valence-corrected chi connectivity index (χ4v) is 3.90. The highest BCUT2D eigenvalue weighted by molar-refractivity contribution is 5.99. The number of nitrogens with zero attached hydrogens (tertiary/aromatic N) is 3. The summed E-state index contributed by atoms with van der Waals surface area (Å²) in [7, 11) is 1.51. The van der Waals surface area contributed by atoms with E-state index in [1.807, 2.05) is 32.9 Å². The molecule has 1 aliphatic rings. The summed E-state index contributed by atoms with van der Waals surface area (Å²) in [5.41, 5.74) is 3.29. The third-order valence-electron chi connectivity index (χ3n) is 5.42. The Balaban J connectivity index is 1.72. The number of rotatable bonds is 3. The molecule has 170 valence electrons. The average molecular weight is 448 g/mol. The molecule has 0 saturated carbocycles. The summed E-state index contributed by atoms with van der Waals surface area (Å²) in [4.78, 5) is 21.7. The average Bonchev–Trinajstić information content (AvgIpc) is 3.21. The lowest BCUT2D eigenvalue weighted by Gasteiger charge is -2.29. The summed E-state index contributed by atoms with van der Waals surface area (Å²) in [6.07, 6.45) is 3.75. The molecule has 0 saturated heterocycles. The zero-order valence-electron chi connectivity index (χ0n) is 19.0. The topological polar surface area (TPSA) is 91.2 Å². The molecule has 0 bridgehead atoms. The number of pyridine rings is 1. The van der Waals surface area contributed by atoms with Gasteiger partial charge < -0.3 is 19.4 Å². The van der Waals surface area contributed by atoms with Crippen LogP contribution in [0.15, 0.2) is 36.5 Å². The zero-order valence-corrected chi connectivity index (χ0v) is 19.0. The van der Waals surface area contributed by atoms with Gasteiger partial charge in [-0.25, -0.2) is 14.2 Å². The molecule has 2 aromatic heterocycles. The van der Waals surface area contributed by atoms with E-state index >= 15 is 0 Å². The molecule has 0 unspecified atom stereocenters. The first-order valence-electron chi connectivity index (χ1n) is 10.6. The molecule has 0 fully saturated rings. The lowest BCUT2D eigenvalue weighted by molar-refractivity contribution is 0.0270. The number of hydrogen-bond donors (Lipinski definition) is 1. The molecule has 0 radical (unpaired) electrons. The van der Waals surface area contributed by atoms with Crippen molar-refractivity contribution in [3.05, 3.63) is 53.6 Å². The maximum Gasteiger partial charge on any atom is 0.410 e. The number of aromatic nitrogens is 2. The van der Waals surface area contributed by atoms with Gasteiger partial charge in [0.05, 0.1) is 12.7 Å². The third-order valence-corrected chi connectivity index (χ3v) is 5.42. The van der Waals surface area contributed by atoms with Crippen LogP contribution in [-0.2, 0) is 4.74 Å². The van der Waals surface area contributed by atoms with E-state index in [1.165, 1.54) is 25.4 Å². The molecule has 8 heteroatoms.